The third-order valence-corrected chi connectivity index (χ3v) is 7.84. The van der Waals surface area contributed by atoms with E-state index in [9.17, 15) is 17.6 Å². The average molecular weight is 448 g/mol. The first-order valence-corrected chi connectivity index (χ1v) is 11.7. The Balaban J connectivity index is 1.46. The van der Waals surface area contributed by atoms with E-state index in [2.05, 4.69) is 4.90 Å². The molecule has 31 heavy (non-hydrogen) atoms. The van der Waals surface area contributed by atoms with Gasteiger partial charge >= 0.3 is 0 Å². The molecular formula is C22H26FN3O4S. The van der Waals surface area contributed by atoms with Crippen LogP contribution >= 0.6 is 0 Å². The van der Waals surface area contributed by atoms with E-state index in [-0.39, 0.29) is 29.2 Å². The minimum Gasteiger partial charge on any atom is -0.497 e. The lowest BCUT2D eigenvalue weighted by Crippen LogP contribution is -2.56. The molecule has 2 fully saturated rings. The molecule has 2 aromatic rings. The SMILES string of the molecule is COc1cccc(S(=O)(=O)N2CCC3C(=O)N(Cc4ccc(F)cc4)CCN3CC2)c1. The molecule has 1 amide bonds. The first kappa shape index (κ1) is 21.7. The summed E-state index contributed by atoms with van der Waals surface area (Å²) in [4.78, 5) is 17.2. The van der Waals surface area contributed by atoms with Gasteiger partial charge in [0.15, 0.2) is 0 Å². The molecule has 0 radical (unpaired) electrons. The molecule has 0 saturated carbocycles. The number of rotatable bonds is 5. The second kappa shape index (κ2) is 8.94. The molecule has 2 aliphatic heterocycles. The van der Waals surface area contributed by atoms with E-state index in [0.29, 0.717) is 44.9 Å². The Kier molecular flexibility index (Phi) is 6.27. The highest BCUT2D eigenvalue weighted by Gasteiger charge is 2.38. The third kappa shape index (κ3) is 4.58. The van der Waals surface area contributed by atoms with Gasteiger partial charge in [-0.3, -0.25) is 9.69 Å². The fraction of sp³-hybridized carbons (Fsp3) is 0.409. The highest BCUT2D eigenvalue weighted by atomic mass is 32.2. The van der Waals surface area contributed by atoms with Gasteiger partial charge < -0.3 is 9.64 Å². The van der Waals surface area contributed by atoms with Crippen LogP contribution in [0.15, 0.2) is 53.4 Å². The fourth-order valence-electron chi connectivity index (χ4n) is 4.19. The Morgan fingerprint density at radius 1 is 1.03 bits per heavy atom. The largest absolute Gasteiger partial charge is 0.497 e. The van der Waals surface area contributed by atoms with Crippen LogP contribution in [-0.4, -0.2) is 74.3 Å². The number of nitrogens with zero attached hydrogens (tertiary/aromatic N) is 3. The molecule has 0 N–H and O–H groups in total. The third-order valence-electron chi connectivity index (χ3n) is 5.95. The minimum absolute atomic E-state index is 0.00352. The lowest BCUT2D eigenvalue weighted by atomic mass is 10.1. The van der Waals surface area contributed by atoms with Crippen molar-refractivity contribution in [3.63, 3.8) is 0 Å². The Morgan fingerprint density at radius 3 is 2.52 bits per heavy atom. The predicted octanol–water partition coefficient (Wildman–Crippen LogP) is 1.94. The second-order valence-corrected chi connectivity index (χ2v) is 9.75. The quantitative estimate of drug-likeness (QED) is 0.701. The van der Waals surface area contributed by atoms with E-state index in [0.717, 1.165) is 5.56 Å². The van der Waals surface area contributed by atoms with Crippen molar-refractivity contribution in [2.24, 2.45) is 0 Å². The maximum absolute atomic E-state index is 13.2. The van der Waals surface area contributed by atoms with Crippen LogP contribution in [0.25, 0.3) is 0 Å². The zero-order valence-corrected chi connectivity index (χ0v) is 18.2. The van der Waals surface area contributed by atoms with Crippen LogP contribution in [0.5, 0.6) is 5.75 Å². The number of ether oxygens (including phenoxy) is 1. The van der Waals surface area contributed by atoms with E-state index in [1.54, 1.807) is 35.2 Å². The number of fused-ring (bicyclic) bond motifs is 1. The van der Waals surface area contributed by atoms with Gasteiger partial charge in [-0.15, -0.1) is 0 Å². The molecule has 2 aromatic carbocycles. The molecule has 2 aliphatic rings. The van der Waals surface area contributed by atoms with Gasteiger partial charge in [0, 0.05) is 45.3 Å². The van der Waals surface area contributed by atoms with Gasteiger partial charge in [-0.2, -0.15) is 4.31 Å². The van der Waals surface area contributed by atoms with Crippen molar-refractivity contribution in [3.05, 3.63) is 59.9 Å². The average Bonchev–Trinajstić information content (AvgIpc) is 3.01. The summed E-state index contributed by atoms with van der Waals surface area (Å²) < 4.78 is 46.1. The summed E-state index contributed by atoms with van der Waals surface area (Å²) in [6.07, 6.45) is 0.432. The van der Waals surface area contributed by atoms with Gasteiger partial charge in [0.05, 0.1) is 18.0 Å². The summed E-state index contributed by atoms with van der Waals surface area (Å²) in [5.41, 5.74) is 0.874. The van der Waals surface area contributed by atoms with Crippen LogP contribution < -0.4 is 4.74 Å². The van der Waals surface area contributed by atoms with Gasteiger partial charge in [-0.25, -0.2) is 12.8 Å². The van der Waals surface area contributed by atoms with Gasteiger partial charge in [0.1, 0.15) is 11.6 Å². The Labute approximate surface area is 182 Å². The van der Waals surface area contributed by atoms with Crippen LogP contribution in [0.3, 0.4) is 0 Å². The Morgan fingerprint density at radius 2 is 1.77 bits per heavy atom. The van der Waals surface area contributed by atoms with E-state index >= 15 is 0 Å². The first-order valence-electron chi connectivity index (χ1n) is 10.3. The van der Waals surface area contributed by atoms with Crippen molar-refractivity contribution in [1.82, 2.24) is 14.1 Å². The lowest BCUT2D eigenvalue weighted by molar-refractivity contribution is -0.142. The summed E-state index contributed by atoms with van der Waals surface area (Å²) in [6.45, 7) is 2.79. The maximum atomic E-state index is 13.2. The lowest BCUT2D eigenvalue weighted by Gasteiger charge is -2.39. The van der Waals surface area contributed by atoms with E-state index in [1.807, 2.05) is 0 Å². The van der Waals surface area contributed by atoms with Crippen LogP contribution in [0.1, 0.15) is 12.0 Å². The molecule has 2 heterocycles. The first-order chi connectivity index (χ1) is 14.9. The standard InChI is InChI=1S/C22H26FN3O4S/c1-30-19-3-2-4-20(15-19)31(28,29)26-10-9-21-22(27)25(12-11-24(21)13-14-26)16-17-5-7-18(23)8-6-17/h2-8,15,21H,9-14,16H2,1H3. The summed E-state index contributed by atoms with van der Waals surface area (Å²) in [6, 6.07) is 12.2. The molecular weight excluding hydrogens is 421 g/mol. The van der Waals surface area contributed by atoms with Crippen molar-refractivity contribution >= 4 is 15.9 Å². The Hall–Kier alpha value is -2.49. The van der Waals surface area contributed by atoms with Gasteiger partial charge in [0.25, 0.3) is 0 Å². The van der Waals surface area contributed by atoms with Gasteiger partial charge in [0.2, 0.25) is 15.9 Å². The number of methoxy groups -OCH3 is 1. The maximum Gasteiger partial charge on any atom is 0.243 e. The molecule has 166 valence electrons. The van der Waals surface area contributed by atoms with Crippen molar-refractivity contribution in [2.75, 3.05) is 39.8 Å². The summed E-state index contributed by atoms with van der Waals surface area (Å²) in [5.74, 6) is 0.178. The van der Waals surface area contributed by atoms with Crippen molar-refractivity contribution in [1.29, 1.82) is 0 Å². The van der Waals surface area contributed by atoms with E-state index in [1.165, 1.54) is 29.6 Å². The van der Waals surface area contributed by atoms with Crippen molar-refractivity contribution in [3.8, 4) is 5.75 Å². The van der Waals surface area contributed by atoms with Crippen LogP contribution in [0, 0.1) is 5.82 Å². The zero-order chi connectivity index (χ0) is 22.0. The number of halogens is 1. The molecule has 0 aliphatic carbocycles. The topological polar surface area (TPSA) is 70.2 Å². The minimum atomic E-state index is -3.68. The summed E-state index contributed by atoms with van der Waals surface area (Å²) in [5, 5.41) is 0. The van der Waals surface area contributed by atoms with Gasteiger partial charge in [-0.1, -0.05) is 18.2 Å². The van der Waals surface area contributed by atoms with Gasteiger partial charge in [-0.05, 0) is 36.2 Å². The molecule has 0 bridgehead atoms. The molecule has 1 atom stereocenters. The monoisotopic (exact) mass is 447 g/mol. The second-order valence-electron chi connectivity index (χ2n) is 7.81. The summed E-state index contributed by atoms with van der Waals surface area (Å²) in [7, 11) is -2.18. The number of carbonyl (C=O) groups is 1. The number of hydrogen-bond donors (Lipinski definition) is 0. The smallest absolute Gasteiger partial charge is 0.243 e. The van der Waals surface area contributed by atoms with Crippen molar-refractivity contribution < 1.29 is 22.3 Å². The van der Waals surface area contributed by atoms with Crippen LogP contribution in [0.4, 0.5) is 4.39 Å². The zero-order valence-electron chi connectivity index (χ0n) is 17.4. The highest BCUT2D eigenvalue weighted by Crippen LogP contribution is 2.25. The molecule has 7 nitrogen and oxygen atoms in total. The number of carbonyl (C=O) groups excluding carboxylic acids is 1. The van der Waals surface area contributed by atoms with E-state index in [4.69, 9.17) is 4.74 Å². The van der Waals surface area contributed by atoms with Crippen LogP contribution in [0.2, 0.25) is 0 Å². The molecule has 2 saturated heterocycles. The highest BCUT2D eigenvalue weighted by molar-refractivity contribution is 7.89. The van der Waals surface area contributed by atoms with E-state index < -0.39 is 10.0 Å². The molecule has 4 rings (SSSR count). The van der Waals surface area contributed by atoms with Crippen LogP contribution in [-0.2, 0) is 21.4 Å². The molecule has 9 heteroatoms. The number of hydrogen-bond acceptors (Lipinski definition) is 5. The predicted molar refractivity (Wildman–Crippen MR) is 114 cm³/mol. The van der Waals surface area contributed by atoms with Crippen molar-refractivity contribution in [2.45, 2.75) is 23.9 Å². The number of piperazine rings is 1. The molecule has 0 spiro atoms. The number of benzene rings is 2. The summed E-state index contributed by atoms with van der Waals surface area (Å²) >= 11 is 0. The molecule has 0 aromatic heterocycles. The Bertz CT molecular complexity index is 1040. The number of amides is 1. The molecule has 1 unspecified atom stereocenters. The number of sulfonamides is 1. The fourth-order valence-corrected chi connectivity index (χ4v) is 5.67. The normalized spacial score (nSPS) is 20.9.